The van der Waals surface area contributed by atoms with Gasteiger partial charge in [-0.25, -0.2) is 0 Å². The van der Waals surface area contributed by atoms with Crippen molar-refractivity contribution in [3.63, 3.8) is 0 Å². The van der Waals surface area contributed by atoms with Crippen LogP contribution in [0.2, 0.25) is 0 Å². The van der Waals surface area contributed by atoms with Gasteiger partial charge >= 0.3 is 0 Å². The molecule has 0 rings (SSSR count). The lowest BCUT2D eigenvalue weighted by atomic mass is 10.5. The quantitative estimate of drug-likeness (QED) is 0.397. The van der Waals surface area contributed by atoms with Crippen LogP contribution in [0.4, 0.5) is 0 Å². The van der Waals surface area contributed by atoms with Gasteiger partial charge in [0.2, 0.25) is 0 Å². The molecule has 0 aliphatic carbocycles. The second-order valence-corrected chi connectivity index (χ2v) is 2.95. The first-order valence-corrected chi connectivity index (χ1v) is 5.20. The van der Waals surface area contributed by atoms with Crippen LogP contribution in [0, 0.1) is 12.3 Å². The highest BCUT2D eigenvalue weighted by atomic mass is 16.5. The van der Waals surface area contributed by atoms with Gasteiger partial charge in [-0.2, -0.15) is 0 Å². The first-order chi connectivity index (χ1) is 7.41. The summed E-state index contributed by atoms with van der Waals surface area (Å²) in [5.41, 5.74) is 0. The van der Waals surface area contributed by atoms with Crippen molar-refractivity contribution in [1.82, 2.24) is 5.32 Å². The molecule has 0 unspecified atom stereocenters. The third-order valence-electron chi connectivity index (χ3n) is 1.66. The number of hydrogen-bond acceptors (Lipinski definition) is 4. The van der Waals surface area contributed by atoms with E-state index in [2.05, 4.69) is 11.2 Å². The fourth-order valence-corrected chi connectivity index (χ4v) is 0.932. The van der Waals surface area contributed by atoms with Crippen molar-refractivity contribution in [2.24, 2.45) is 0 Å². The third-order valence-corrected chi connectivity index (χ3v) is 1.66. The Balaban J connectivity index is 2.84. The van der Waals surface area contributed by atoms with Crippen LogP contribution in [0.15, 0.2) is 0 Å². The number of nitrogens with one attached hydrogen (secondary N) is 1. The first kappa shape index (κ1) is 14.4. The molecule has 0 spiro atoms. The van der Waals surface area contributed by atoms with E-state index >= 15 is 0 Å². The lowest BCUT2D eigenvalue weighted by molar-refractivity contribution is 0.0410. The van der Waals surface area contributed by atoms with Crippen LogP contribution in [0.1, 0.15) is 6.42 Å². The number of rotatable bonds is 11. The van der Waals surface area contributed by atoms with E-state index in [1.807, 2.05) is 0 Å². The molecule has 0 radical (unpaired) electrons. The van der Waals surface area contributed by atoms with Crippen LogP contribution >= 0.6 is 0 Å². The highest BCUT2D eigenvalue weighted by Gasteiger charge is 1.90. The molecule has 0 aromatic carbocycles. The lowest BCUT2D eigenvalue weighted by Gasteiger charge is -2.05. The lowest BCUT2D eigenvalue weighted by Crippen LogP contribution is -2.20. The topological polar surface area (TPSA) is 39.7 Å². The minimum Gasteiger partial charge on any atom is -0.385 e. The summed E-state index contributed by atoms with van der Waals surface area (Å²) >= 11 is 0. The number of methoxy groups -OCH3 is 1. The fraction of sp³-hybridized carbons (Fsp3) is 0.818. The van der Waals surface area contributed by atoms with E-state index in [1.165, 1.54) is 0 Å². The SMILES string of the molecule is C#CCNCCOCCOCCCOC. The van der Waals surface area contributed by atoms with Gasteiger partial charge in [0.15, 0.2) is 0 Å². The molecule has 0 bridgehead atoms. The van der Waals surface area contributed by atoms with E-state index in [0.717, 1.165) is 26.2 Å². The molecule has 0 aliphatic heterocycles. The zero-order chi connectivity index (χ0) is 11.2. The molecule has 0 aromatic rings. The standard InChI is InChI=1S/C11H21NO3/c1-3-5-12-6-9-15-11-10-14-8-4-7-13-2/h1,12H,4-11H2,2H3. The minimum atomic E-state index is 0.594. The molecule has 15 heavy (non-hydrogen) atoms. The second-order valence-electron chi connectivity index (χ2n) is 2.95. The van der Waals surface area contributed by atoms with Gasteiger partial charge in [-0.05, 0) is 6.42 Å². The summed E-state index contributed by atoms with van der Waals surface area (Å²) in [6, 6.07) is 0. The molecular weight excluding hydrogens is 194 g/mol. The van der Waals surface area contributed by atoms with Gasteiger partial charge < -0.3 is 19.5 Å². The Labute approximate surface area is 92.3 Å². The molecule has 0 amide bonds. The number of terminal acetylenes is 1. The molecule has 4 nitrogen and oxygen atoms in total. The molecular formula is C11H21NO3. The first-order valence-electron chi connectivity index (χ1n) is 5.20. The Morgan fingerprint density at radius 3 is 2.47 bits per heavy atom. The molecule has 0 aromatic heterocycles. The summed E-state index contributed by atoms with van der Waals surface area (Å²) < 4.78 is 15.5. The zero-order valence-corrected chi connectivity index (χ0v) is 9.46. The maximum Gasteiger partial charge on any atom is 0.0701 e. The Morgan fingerprint density at radius 1 is 1.07 bits per heavy atom. The van der Waals surface area contributed by atoms with Crippen LogP contribution in [-0.4, -0.2) is 53.2 Å². The van der Waals surface area contributed by atoms with Crippen molar-refractivity contribution in [3.05, 3.63) is 0 Å². The second kappa shape index (κ2) is 13.4. The average molecular weight is 215 g/mol. The Kier molecular flexibility index (Phi) is 12.9. The van der Waals surface area contributed by atoms with Gasteiger partial charge in [0, 0.05) is 26.9 Å². The summed E-state index contributed by atoms with van der Waals surface area (Å²) in [5.74, 6) is 2.50. The summed E-state index contributed by atoms with van der Waals surface area (Å²) in [7, 11) is 1.69. The largest absolute Gasteiger partial charge is 0.385 e. The smallest absolute Gasteiger partial charge is 0.0701 e. The van der Waals surface area contributed by atoms with Crippen molar-refractivity contribution in [2.45, 2.75) is 6.42 Å². The fourth-order valence-electron chi connectivity index (χ4n) is 0.932. The summed E-state index contributed by atoms with van der Waals surface area (Å²) in [6.45, 7) is 4.79. The number of ether oxygens (including phenoxy) is 3. The van der Waals surface area contributed by atoms with Crippen LogP contribution < -0.4 is 5.32 Å². The van der Waals surface area contributed by atoms with Crippen molar-refractivity contribution in [2.75, 3.05) is 53.2 Å². The molecule has 1 N–H and O–H groups in total. The normalized spacial score (nSPS) is 10.1. The van der Waals surface area contributed by atoms with Gasteiger partial charge in [-0.3, -0.25) is 0 Å². The Bertz CT molecular complexity index is 156. The highest BCUT2D eigenvalue weighted by Crippen LogP contribution is 1.84. The van der Waals surface area contributed by atoms with Gasteiger partial charge in [0.1, 0.15) is 0 Å². The highest BCUT2D eigenvalue weighted by molar-refractivity contribution is 4.86. The van der Waals surface area contributed by atoms with E-state index in [0.29, 0.717) is 26.4 Å². The predicted octanol–water partition coefficient (Wildman–Crippen LogP) is 0.279. The van der Waals surface area contributed by atoms with Gasteiger partial charge in [-0.1, -0.05) is 5.92 Å². The average Bonchev–Trinajstić information content (AvgIpc) is 2.26. The molecule has 4 heteroatoms. The van der Waals surface area contributed by atoms with E-state index in [-0.39, 0.29) is 0 Å². The van der Waals surface area contributed by atoms with E-state index < -0.39 is 0 Å². The maximum absolute atomic E-state index is 5.31. The predicted molar refractivity (Wildman–Crippen MR) is 59.8 cm³/mol. The molecule has 0 saturated carbocycles. The minimum absolute atomic E-state index is 0.594. The van der Waals surface area contributed by atoms with E-state index in [9.17, 15) is 0 Å². The molecule has 88 valence electrons. The molecule has 0 aliphatic rings. The van der Waals surface area contributed by atoms with Gasteiger partial charge in [-0.15, -0.1) is 6.42 Å². The van der Waals surface area contributed by atoms with Gasteiger partial charge in [0.05, 0.1) is 26.4 Å². The van der Waals surface area contributed by atoms with Crippen LogP contribution in [0.25, 0.3) is 0 Å². The summed E-state index contributed by atoms with van der Waals surface area (Å²) in [6.07, 6.45) is 6.00. The molecule has 0 atom stereocenters. The molecule has 0 heterocycles. The van der Waals surface area contributed by atoms with Crippen molar-refractivity contribution >= 4 is 0 Å². The van der Waals surface area contributed by atoms with E-state index in [1.54, 1.807) is 7.11 Å². The Hall–Kier alpha value is -0.600. The zero-order valence-electron chi connectivity index (χ0n) is 9.46. The van der Waals surface area contributed by atoms with Crippen molar-refractivity contribution in [3.8, 4) is 12.3 Å². The summed E-state index contributed by atoms with van der Waals surface area (Å²) in [4.78, 5) is 0. The van der Waals surface area contributed by atoms with Crippen LogP contribution in [-0.2, 0) is 14.2 Å². The third kappa shape index (κ3) is 13.4. The number of hydrogen-bond donors (Lipinski definition) is 1. The van der Waals surface area contributed by atoms with Crippen LogP contribution in [0.5, 0.6) is 0 Å². The molecule has 0 saturated heterocycles. The molecule has 0 fully saturated rings. The van der Waals surface area contributed by atoms with Gasteiger partial charge in [0.25, 0.3) is 0 Å². The van der Waals surface area contributed by atoms with E-state index in [4.69, 9.17) is 20.6 Å². The monoisotopic (exact) mass is 215 g/mol. The summed E-state index contributed by atoms with van der Waals surface area (Å²) in [5, 5.41) is 3.04. The van der Waals surface area contributed by atoms with Crippen molar-refractivity contribution in [1.29, 1.82) is 0 Å². The van der Waals surface area contributed by atoms with Crippen LogP contribution in [0.3, 0.4) is 0 Å². The van der Waals surface area contributed by atoms with Crippen molar-refractivity contribution < 1.29 is 14.2 Å². The Morgan fingerprint density at radius 2 is 1.80 bits per heavy atom. The maximum atomic E-state index is 5.31.